The van der Waals surface area contributed by atoms with Crippen LogP contribution in [0.25, 0.3) is 5.52 Å². The number of hydrogen-bond donors (Lipinski definition) is 1. The van der Waals surface area contributed by atoms with Gasteiger partial charge in [0.15, 0.2) is 0 Å². The van der Waals surface area contributed by atoms with Gasteiger partial charge in [-0.3, -0.25) is 9.59 Å². The van der Waals surface area contributed by atoms with E-state index in [1.807, 2.05) is 13.0 Å². The lowest BCUT2D eigenvalue weighted by molar-refractivity contribution is -0.119. The van der Waals surface area contributed by atoms with Crippen LogP contribution in [-0.2, 0) is 11.3 Å². The van der Waals surface area contributed by atoms with E-state index in [4.69, 9.17) is 4.52 Å². The summed E-state index contributed by atoms with van der Waals surface area (Å²) in [5, 5.41) is 2.61. The van der Waals surface area contributed by atoms with Gasteiger partial charge in [-0.1, -0.05) is 0 Å². The average molecular weight is 220 g/mol. The van der Waals surface area contributed by atoms with Gasteiger partial charge in [0.2, 0.25) is 5.91 Å². The minimum absolute atomic E-state index is 0.164. The highest BCUT2D eigenvalue weighted by atomic mass is 16.5. The van der Waals surface area contributed by atoms with Crippen LogP contribution in [0.1, 0.15) is 18.1 Å². The number of nitrogens with zero attached hydrogens (tertiary/aromatic N) is 1. The van der Waals surface area contributed by atoms with Crippen molar-refractivity contribution in [3.63, 3.8) is 0 Å². The Morgan fingerprint density at radius 2 is 2.31 bits per heavy atom. The zero-order chi connectivity index (χ0) is 11.7. The molecule has 2 rings (SSSR count). The highest BCUT2D eigenvalue weighted by Gasteiger charge is 2.09. The Labute approximate surface area is 91.6 Å². The lowest BCUT2D eigenvalue weighted by Gasteiger charge is -2.05. The van der Waals surface area contributed by atoms with Crippen molar-refractivity contribution in [3.8, 4) is 0 Å². The van der Waals surface area contributed by atoms with Crippen LogP contribution in [0, 0.1) is 6.92 Å². The first-order chi connectivity index (χ1) is 7.59. The molecule has 0 aliphatic rings. The van der Waals surface area contributed by atoms with Crippen LogP contribution >= 0.6 is 0 Å². The summed E-state index contributed by atoms with van der Waals surface area (Å²) in [5.74, 6) is -0.164. The minimum Gasteiger partial charge on any atom is -0.379 e. The lowest BCUT2D eigenvalue weighted by atomic mass is 10.1. The molecule has 2 aromatic heterocycles. The van der Waals surface area contributed by atoms with E-state index >= 15 is 0 Å². The molecular formula is C11H12N2O3. The summed E-state index contributed by atoms with van der Waals surface area (Å²) >= 11 is 0. The van der Waals surface area contributed by atoms with Gasteiger partial charge >= 0.3 is 0 Å². The molecule has 0 bridgehead atoms. The second-order valence-corrected chi connectivity index (χ2v) is 3.65. The van der Waals surface area contributed by atoms with Crippen molar-refractivity contribution in [2.45, 2.75) is 20.4 Å². The Kier molecular flexibility index (Phi) is 2.52. The Morgan fingerprint density at radius 3 is 3.00 bits per heavy atom. The molecule has 0 unspecified atom stereocenters. The van der Waals surface area contributed by atoms with Crippen molar-refractivity contribution < 1.29 is 9.32 Å². The van der Waals surface area contributed by atoms with Gasteiger partial charge in [-0.15, -0.1) is 4.57 Å². The molecule has 0 aromatic carbocycles. The van der Waals surface area contributed by atoms with Gasteiger partial charge in [0.25, 0.3) is 5.56 Å². The predicted molar refractivity (Wildman–Crippen MR) is 58.2 cm³/mol. The fourth-order valence-corrected chi connectivity index (χ4v) is 1.59. The molecule has 1 amide bonds. The summed E-state index contributed by atoms with van der Waals surface area (Å²) in [6.07, 6.45) is 1.46. The first-order valence-electron chi connectivity index (χ1n) is 4.93. The lowest BCUT2D eigenvalue weighted by Crippen LogP contribution is -2.27. The monoisotopic (exact) mass is 220 g/mol. The molecule has 0 radical (unpaired) electrons. The number of pyridine rings is 1. The largest absolute Gasteiger partial charge is 0.379 e. The van der Waals surface area contributed by atoms with Crippen molar-refractivity contribution in [2.75, 3.05) is 0 Å². The number of aromatic nitrogens is 1. The molecule has 2 heterocycles. The fraction of sp³-hybridized carbons (Fsp3) is 0.273. The van der Waals surface area contributed by atoms with E-state index < -0.39 is 0 Å². The molecule has 0 saturated carbocycles. The van der Waals surface area contributed by atoms with Gasteiger partial charge in [0.1, 0.15) is 6.26 Å². The summed E-state index contributed by atoms with van der Waals surface area (Å²) in [6, 6.07) is 3.57. The van der Waals surface area contributed by atoms with E-state index in [0.717, 1.165) is 5.56 Å². The molecule has 0 atom stereocenters. The predicted octanol–water partition coefficient (Wildman–Crippen LogP) is 0.837. The second kappa shape index (κ2) is 3.84. The van der Waals surface area contributed by atoms with E-state index in [1.54, 1.807) is 6.07 Å². The number of rotatable bonds is 2. The first-order valence-corrected chi connectivity index (χ1v) is 4.93. The summed E-state index contributed by atoms with van der Waals surface area (Å²) in [6.45, 7) is 3.48. The van der Waals surface area contributed by atoms with Crippen molar-refractivity contribution in [3.05, 3.63) is 39.9 Å². The highest BCUT2D eigenvalue weighted by molar-refractivity contribution is 5.72. The van der Waals surface area contributed by atoms with Crippen molar-refractivity contribution in [2.24, 2.45) is 0 Å². The molecule has 0 spiro atoms. The maximum Gasteiger partial charge on any atom is 0.289 e. The van der Waals surface area contributed by atoms with Gasteiger partial charge < -0.3 is 9.84 Å². The maximum absolute atomic E-state index is 11.9. The van der Waals surface area contributed by atoms with E-state index in [0.29, 0.717) is 11.1 Å². The smallest absolute Gasteiger partial charge is 0.289 e. The summed E-state index contributed by atoms with van der Waals surface area (Å²) in [7, 11) is 0. The molecule has 1 N–H and O–H groups in total. The molecule has 5 nitrogen and oxygen atoms in total. The van der Waals surface area contributed by atoms with Gasteiger partial charge in [0.05, 0.1) is 5.52 Å². The third kappa shape index (κ3) is 1.71. The number of amides is 1. The molecule has 16 heavy (non-hydrogen) atoms. The molecule has 5 heteroatoms. The fourth-order valence-electron chi connectivity index (χ4n) is 1.59. The first kappa shape index (κ1) is 10.5. The number of carbonyl (C=O) groups is 1. The normalized spacial score (nSPS) is 10.6. The number of carbonyl (C=O) groups excluding carboxylic acids is 1. The molecule has 0 saturated heterocycles. The maximum atomic E-state index is 11.9. The molecule has 0 aliphatic heterocycles. The van der Waals surface area contributed by atoms with Crippen molar-refractivity contribution in [1.82, 2.24) is 9.89 Å². The molecular weight excluding hydrogens is 208 g/mol. The third-order valence-electron chi connectivity index (χ3n) is 2.44. The molecule has 0 aliphatic carbocycles. The number of nitrogens with one attached hydrogen (secondary N) is 1. The second-order valence-electron chi connectivity index (χ2n) is 3.65. The minimum atomic E-state index is -0.228. The van der Waals surface area contributed by atoms with Gasteiger partial charge in [-0.05, 0) is 18.6 Å². The number of aryl methyl sites for hydroxylation is 1. The van der Waals surface area contributed by atoms with Gasteiger partial charge in [-0.2, -0.15) is 0 Å². The van der Waals surface area contributed by atoms with E-state index in [1.165, 1.54) is 17.8 Å². The highest BCUT2D eigenvalue weighted by Crippen LogP contribution is 2.08. The molecule has 2 aromatic rings. The van der Waals surface area contributed by atoms with Crippen LogP contribution < -0.4 is 10.9 Å². The zero-order valence-electron chi connectivity index (χ0n) is 9.11. The Morgan fingerprint density at radius 1 is 1.56 bits per heavy atom. The van der Waals surface area contributed by atoms with Crippen LogP contribution in [0.15, 0.2) is 27.7 Å². The third-order valence-corrected chi connectivity index (χ3v) is 2.44. The van der Waals surface area contributed by atoms with Crippen LogP contribution in [0.2, 0.25) is 0 Å². The van der Waals surface area contributed by atoms with E-state index in [9.17, 15) is 9.59 Å². The van der Waals surface area contributed by atoms with Crippen molar-refractivity contribution >= 4 is 11.4 Å². The Bertz CT molecular complexity index is 595. The quantitative estimate of drug-likeness (QED) is 0.815. The van der Waals surface area contributed by atoms with E-state index in [-0.39, 0.29) is 18.0 Å². The summed E-state index contributed by atoms with van der Waals surface area (Å²) in [5.41, 5.74) is 1.88. The number of fused-ring (bicyclic) bond motifs is 1. The average Bonchev–Trinajstić information content (AvgIpc) is 2.64. The Balaban J connectivity index is 2.51. The van der Waals surface area contributed by atoms with Crippen LogP contribution in [0.3, 0.4) is 0 Å². The van der Waals surface area contributed by atoms with Gasteiger partial charge in [-0.25, -0.2) is 0 Å². The van der Waals surface area contributed by atoms with Gasteiger partial charge in [0, 0.05) is 25.1 Å². The van der Waals surface area contributed by atoms with Crippen LogP contribution in [0.4, 0.5) is 0 Å². The number of hydrogen-bond acceptors (Lipinski definition) is 3. The van der Waals surface area contributed by atoms with Crippen LogP contribution in [-0.4, -0.2) is 10.5 Å². The molecule has 84 valence electrons. The van der Waals surface area contributed by atoms with E-state index in [2.05, 4.69) is 5.32 Å². The van der Waals surface area contributed by atoms with Crippen LogP contribution in [0.5, 0.6) is 0 Å². The SMILES string of the molecule is CC(=O)NCc1c(C)cc2ccon2c1=O. The summed E-state index contributed by atoms with van der Waals surface area (Å²) < 4.78 is 6.26. The van der Waals surface area contributed by atoms with Crippen molar-refractivity contribution in [1.29, 1.82) is 0 Å². The topological polar surface area (TPSA) is 63.7 Å². The molecule has 0 fully saturated rings. The Hall–Kier alpha value is -2.04. The summed E-state index contributed by atoms with van der Waals surface area (Å²) in [4.78, 5) is 22.8. The standard InChI is InChI=1S/C11H12N2O3/c1-7-5-9-3-4-16-13(9)11(15)10(7)6-12-8(2)14/h3-5H,6H2,1-2H3,(H,12,14). The zero-order valence-corrected chi connectivity index (χ0v) is 9.11.